The molecule has 1 heterocycles. The van der Waals surface area contributed by atoms with E-state index in [9.17, 15) is 35.6 Å². The monoisotopic (exact) mass is 624 g/mol. The molecule has 0 aromatic heterocycles. The molecule has 1 saturated heterocycles. The first-order valence-corrected chi connectivity index (χ1v) is 14.6. The van der Waals surface area contributed by atoms with Crippen LogP contribution in [0, 0.1) is 5.92 Å². The van der Waals surface area contributed by atoms with Gasteiger partial charge in [-0.2, -0.15) is 13.2 Å². The summed E-state index contributed by atoms with van der Waals surface area (Å²) >= 11 is 12.1. The number of halogens is 6. The lowest BCUT2D eigenvalue weighted by Gasteiger charge is -2.35. The summed E-state index contributed by atoms with van der Waals surface area (Å²) in [7, 11) is -4.56. The van der Waals surface area contributed by atoms with Crippen molar-refractivity contribution in [3.05, 3.63) is 58.1 Å². The largest absolute Gasteiger partial charge is 0.416 e. The summed E-state index contributed by atoms with van der Waals surface area (Å²) in [5.41, 5.74) is -1.64. The number of alkyl halides is 4. The standard InChI is InChI=1S/C25H26Cl2F4N4O4S/c26-17-4-6-18(7-5-17)40(38,39)35(22-10-16(25(29,30)31)3-8-19(22)27)14-23(36)34-9-1-2-15(13-34)12-32-24(37)33-21-11-20(21)28/h3-8,10,15,20-21H,1-2,9,11-14H2,(H2,32,33,37)/t15?,20-,21?/m1/s1. The molecule has 1 saturated carbocycles. The van der Waals surface area contributed by atoms with Crippen LogP contribution in [-0.4, -0.2) is 63.6 Å². The van der Waals surface area contributed by atoms with Gasteiger partial charge >= 0.3 is 12.2 Å². The highest BCUT2D eigenvalue weighted by atomic mass is 35.5. The minimum Gasteiger partial charge on any atom is -0.341 e. The van der Waals surface area contributed by atoms with E-state index in [1.807, 2.05) is 0 Å². The molecule has 2 fully saturated rings. The number of benzene rings is 2. The van der Waals surface area contributed by atoms with Crippen LogP contribution in [0.5, 0.6) is 0 Å². The van der Waals surface area contributed by atoms with Gasteiger partial charge in [0.25, 0.3) is 10.0 Å². The Morgan fingerprint density at radius 2 is 1.77 bits per heavy atom. The third kappa shape index (κ3) is 7.29. The summed E-state index contributed by atoms with van der Waals surface area (Å²) in [5, 5.41) is 5.09. The molecule has 2 aliphatic rings. The predicted molar refractivity (Wildman–Crippen MR) is 142 cm³/mol. The van der Waals surface area contributed by atoms with Crippen LogP contribution in [0.25, 0.3) is 0 Å². The van der Waals surface area contributed by atoms with E-state index < -0.39 is 58.1 Å². The number of amides is 3. The van der Waals surface area contributed by atoms with Crippen molar-refractivity contribution >= 4 is 50.9 Å². The molecule has 0 spiro atoms. The van der Waals surface area contributed by atoms with Gasteiger partial charge in [-0.15, -0.1) is 0 Å². The first kappa shape index (κ1) is 30.2. The van der Waals surface area contributed by atoms with Gasteiger partial charge in [0.05, 0.1) is 27.2 Å². The summed E-state index contributed by atoms with van der Waals surface area (Å²) in [6.07, 6.45) is -4.34. The number of carbonyl (C=O) groups is 2. The fraction of sp³-hybridized carbons (Fsp3) is 0.440. The van der Waals surface area contributed by atoms with E-state index in [1.165, 1.54) is 29.2 Å². The number of nitrogens with one attached hydrogen (secondary N) is 2. The van der Waals surface area contributed by atoms with Crippen LogP contribution in [0.2, 0.25) is 10.0 Å². The molecule has 3 atom stereocenters. The Balaban J connectivity index is 1.55. The summed E-state index contributed by atoms with van der Waals surface area (Å²) in [4.78, 5) is 26.4. The molecule has 15 heteroatoms. The zero-order chi connectivity index (χ0) is 29.2. The summed E-state index contributed by atoms with van der Waals surface area (Å²) in [5.74, 6) is -0.819. The summed E-state index contributed by atoms with van der Waals surface area (Å²) < 4.78 is 81.3. The SMILES string of the molecule is O=C(NCC1CCCN(C(=O)CN(c2cc(C(F)(F)F)ccc2Cl)S(=O)(=O)c2ccc(Cl)cc2)C1)NC1C[C@H]1F. The van der Waals surface area contributed by atoms with E-state index in [0.29, 0.717) is 23.2 Å². The van der Waals surface area contributed by atoms with Crippen molar-refractivity contribution < 1.29 is 35.6 Å². The lowest BCUT2D eigenvalue weighted by Crippen LogP contribution is -2.49. The fourth-order valence-electron chi connectivity index (χ4n) is 4.36. The van der Waals surface area contributed by atoms with Crippen LogP contribution in [0.15, 0.2) is 47.4 Å². The van der Waals surface area contributed by atoms with Gasteiger partial charge in [-0.1, -0.05) is 23.2 Å². The van der Waals surface area contributed by atoms with E-state index in [2.05, 4.69) is 10.6 Å². The van der Waals surface area contributed by atoms with Crippen molar-refractivity contribution in [1.29, 1.82) is 0 Å². The highest BCUT2D eigenvalue weighted by Crippen LogP contribution is 2.37. The summed E-state index contributed by atoms with van der Waals surface area (Å²) in [6.45, 7) is -0.143. The van der Waals surface area contributed by atoms with Crippen LogP contribution in [0.3, 0.4) is 0 Å². The molecule has 3 amide bonds. The summed E-state index contributed by atoms with van der Waals surface area (Å²) in [6, 6.07) is 6.18. The molecule has 1 aliphatic carbocycles. The molecule has 4 rings (SSSR count). The molecule has 40 heavy (non-hydrogen) atoms. The van der Waals surface area contributed by atoms with Gasteiger partial charge in [0.15, 0.2) is 0 Å². The molecule has 218 valence electrons. The van der Waals surface area contributed by atoms with Crippen LogP contribution < -0.4 is 14.9 Å². The highest BCUT2D eigenvalue weighted by Gasteiger charge is 2.39. The second-order valence-corrected chi connectivity index (χ2v) is 12.4. The van der Waals surface area contributed by atoms with Gasteiger partial charge < -0.3 is 15.5 Å². The van der Waals surface area contributed by atoms with E-state index in [4.69, 9.17) is 23.2 Å². The fourth-order valence-corrected chi connectivity index (χ4v) is 6.18. The second kappa shape index (κ2) is 12.0. The molecule has 1 aliphatic heterocycles. The Labute approximate surface area is 238 Å². The number of hydrogen-bond donors (Lipinski definition) is 2. The van der Waals surface area contributed by atoms with Gasteiger partial charge in [-0.05, 0) is 61.2 Å². The molecule has 0 bridgehead atoms. The van der Waals surface area contributed by atoms with Gasteiger partial charge in [0.2, 0.25) is 5.91 Å². The minimum absolute atomic E-state index is 0.165. The normalized spacial score (nSPS) is 21.1. The zero-order valence-electron chi connectivity index (χ0n) is 20.9. The predicted octanol–water partition coefficient (Wildman–Crippen LogP) is 4.86. The maximum absolute atomic E-state index is 13.6. The lowest BCUT2D eigenvalue weighted by atomic mass is 9.98. The maximum Gasteiger partial charge on any atom is 0.416 e. The Morgan fingerprint density at radius 1 is 1.10 bits per heavy atom. The molecular weight excluding hydrogens is 599 g/mol. The lowest BCUT2D eigenvalue weighted by molar-refractivity contribution is -0.137. The number of nitrogens with zero attached hydrogens (tertiary/aromatic N) is 2. The number of urea groups is 1. The number of likely N-dealkylation sites (tertiary alicyclic amines) is 1. The average molecular weight is 625 g/mol. The number of hydrogen-bond acceptors (Lipinski definition) is 4. The van der Waals surface area contributed by atoms with E-state index in [-0.39, 0.29) is 46.9 Å². The first-order chi connectivity index (χ1) is 18.8. The molecule has 2 aromatic rings. The average Bonchev–Trinajstić information content (AvgIpc) is 3.59. The number of carbonyl (C=O) groups excluding carboxylic acids is 2. The molecule has 0 radical (unpaired) electrons. The van der Waals surface area contributed by atoms with Crippen molar-refractivity contribution in [3.63, 3.8) is 0 Å². The Bertz CT molecular complexity index is 1360. The minimum atomic E-state index is -4.79. The molecular formula is C25H26Cl2F4N4O4S. The molecule has 8 nitrogen and oxygen atoms in total. The van der Waals surface area contributed by atoms with E-state index in [0.717, 1.165) is 12.1 Å². The number of sulfonamides is 1. The maximum atomic E-state index is 13.6. The highest BCUT2D eigenvalue weighted by molar-refractivity contribution is 7.92. The first-order valence-electron chi connectivity index (χ1n) is 12.4. The Hall–Kier alpha value is -2.77. The quantitative estimate of drug-likeness (QED) is 0.410. The van der Waals surface area contributed by atoms with Crippen molar-refractivity contribution in [2.75, 3.05) is 30.5 Å². The van der Waals surface area contributed by atoms with Crippen LogP contribution in [-0.2, 0) is 21.0 Å². The van der Waals surface area contributed by atoms with Crippen LogP contribution in [0.1, 0.15) is 24.8 Å². The van der Waals surface area contributed by atoms with Gasteiger partial charge in [-0.25, -0.2) is 17.6 Å². The molecule has 2 N–H and O–H groups in total. The van der Waals surface area contributed by atoms with Gasteiger partial charge in [-0.3, -0.25) is 9.10 Å². The van der Waals surface area contributed by atoms with E-state index >= 15 is 0 Å². The smallest absolute Gasteiger partial charge is 0.341 e. The van der Waals surface area contributed by atoms with Crippen LogP contribution in [0.4, 0.5) is 28.0 Å². The van der Waals surface area contributed by atoms with E-state index in [1.54, 1.807) is 0 Å². The number of piperidine rings is 1. The number of anilines is 1. The van der Waals surface area contributed by atoms with Crippen LogP contribution >= 0.6 is 23.2 Å². The third-order valence-corrected chi connectivity index (χ3v) is 9.02. The van der Waals surface area contributed by atoms with Crippen molar-refractivity contribution in [1.82, 2.24) is 15.5 Å². The Kier molecular flexibility index (Phi) is 9.05. The number of rotatable bonds is 8. The third-order valence-electron chi connectivity index (χ3n) is 6.67. The van der Waals surface area contributed by atoms with Crippen molar-refractivity contribution in [3.8, 4) is 0 Å². The topological polar surface area (TPSA) is 98.8 Å². The second-order valence-electron chi connectivity index (χ2n) is 9.69. The van der Waals surface area contributed by atoms with Gasteiger partial charge in [0, 0.05) is 31.1 Å². The zero-order valence-corrected chi connectivity index (χ0v) is 23.3. The van der Waals surface area contributed by atoms with Gasteiger partial charge in [0.1, 0.15) is 12.7 Å². The molecule has 2 unspecified atom stereocenters. The molecule has 2 aromatic carbocycles. The van der Waals surface area contributed by atoms with Crippen molar-refractivity contribution in [2.24, 2.45) is 5.92 Å². The Morgan fingerprint density at radius 3 is 2.40 bits per heavy atom. The van der Waals surface area contributed by atoms with Crippen molar-refractivity contribution in [2.45, 2.75) is 42.5 Å².